The molecule has 136 valence electrons. The smallest absolute Gasteiger partial charge is 0.329 e. The van der Waals surface area contributed by atoms with Gasteiger partial charge in [0.05, 0.1) is 24.1 Å². The molecule has 2 aliphatic heterocycles. The number of pyridine rings is 1. The molecule has 2 amide bonds. The first kappa shape index (κ1) is 15.7. The number of hydrogen-bond donors (Lipinski definition) is 1. The molecule has 1 atom stereocenters. The number of nitrogens with one attached hydrogen (secondary N) is 1. The van der Waals surface area contributed by atoms with E-state index < -0.39 is 0 Å². The van der Waals surface area contributed by atoms with Gasteiger partial charge >= 0.3 is 6.03 Å². The van der Waals surface area contributed by atoms with Crippen molar-refractivity contribution in [2.75, 3.05) is 28.2 Å². The third kappa shape index (κ3) is 2.67. The van der Waals surface area contributed by atoms with E-state index in [2.05, 4.69) is 25.2 Å². The minimum absolute atomic E-state index is 0.0633. The molecule has 9 nitrogen and oxygen atoms in total. The van der Waals surface area contributed by atoms with Crippen molar-refractivity contribution in [3.63, 3.8) is 0 Å². The van der Waals surface area contributed by atoms with Crippen LogP contribution in [-0.4, -0.2) is 45.1 Å². The van der Waals surface area contributed by atoms with Gasteiger partial charge in [0.15, 0.2) is 23.3 Å². The van der Waals surface area contributed by atoms with E-state index in [4.69, 9.17) is 9.40 Å². The largest absolute Gasteiger partial charge is 0.439 e. The summed E-state index contributed by atoms with van der Waals surface area (Å²) >= 11 is 0. The lowest BCUT2D eigenvalue weighted by molar-refractivity contribution is 0.254. The molecular weight excluding hydrogens is 346 g/mol. The Balaban J connectivity index is 1.54. The molecule has 0 unspecified atom stereocenters. The number of rotatable bonds is 2. The van der Waals surface area contributed by atoms with Crippen LogP contribution in [0.5, 0.6) is 0 Å². The minimum atomic E-state index is -0.262. The van der Waals surface area contributed by atoms with Crippen molar-refractivity contribution < 1.29 is 9.21 Å². The van der Waals surface area contributed by atoms with Gasteiger partial charge in [0.1, 0.15) is 5.69 Å². The molecule has 2 aliphatic rings. The summed E-state index contributed by atoms with van der Waals surface area (Å²) < 4.78 is 5.60. The van der Waals surface area contributed by atoms with E-state index in [1.54, 1.807) is 30.4 Å². The van der Waals surface area contributed by atoms with Crippen molar-refractivity contribution in [3.8, 4) is 11.5 Å². The molecule has 0 spiro atoms. The number of urea groups is 1. The number of carbonyl (C=O) groups excluding carboxylic acids is 1. The van der Waals surface area contributed by atoms with Crippen molar-refractivity contribution in [2.24, 2.45) is 0 Å². The molecule has 3 aromatic rings. The van der Waals surface area contributed by atoms with Crippen LogP contribution in [0.1, 0.15) is 12.3 Å². The highest BCUT2D eigenvalue weighted by Crippen LogP contribution is 2.40. The summed E-state index contributed by atoms with van der Waals surface area (Å²) in [6.07, 6.45) is 7.16. The second-order valence-electron chi connectivity index (χ2n) is 6.56. The van der Waals surface area contributed by atoms with Crippen molar-refractivity contribution in [3.05, 3.63) is 42.8 Å². The molecule has 5 rings (SSSR count). The highest BCUT2D eigenvalue weighted by atomic mass is 16.4. The maximum absolute atomic E-state index is 13.0. The van der Waals surface area contributed by atoms with Gasteiger partial charge < -0.3 is 9.32 Å². The highest BCUT2D eigenvalue weighted by molar-refractivity contribution is 6.04. The number of carbonyl (C=O) groups is 1. The van der Waals surface area contributed by atoms with Crippen LogP contribution in [0.15, 0.2) is 41.3 Å². The number of aromatic nitrogens is 4. The average Bonchev–Trinajstić information content (AvgIpc) is 3.30. The van der Waals surface area contributed by atoms with E-state index in [-0.39, 0.29) is 12.1 Å². The van der Waals surface area contributed by atoms with E-state index in [1.165, 1.54) is 6.20 Å². The summed E-state index contributed by atoms with van der Waals surface area (Å²) in [6, 6.07) is 3.69. The van der Waals surface area contributed by atoms with Crippen LogP contribution in [0.4, 0.5) is 22.1 Å². The molecule has 1 fully saturated rings. The Kier molecular flexibility index (Phi) is 3.52. The molecule has 5 heterocycles. The number of amides is 2. The van der Waals surface area contributed by atoms with Gasteiger partial charge in [-0.2, -0.15) is 0 Å². The van der Waals surface area contributed by atoms with Crippen molar-refractivity contribution in [2.45, 2.75) is 19.4 Å². The fourth-order valence-electron chi connectivity index (χ4n) is 3.62. The quantitative estimate of drug-likeness (QED) is 0.746. The first-order chi connectivity index (χ1) is 13.2. The molecule has 1 saturated heterocycles. The van der Waals surface area contributed by atoms with Crippen molar-refractivity contribution in [1.29, 1.82) is 0 Å². The molecule has 0 aromatic carbocycles. The lowest BCUT2D eigenvalue weighted by Crippen LogP contribution is -2.48. The van der Waals surface area contributed by atoms with Gasteiger partial charge in [-0.3, -0.25) is 15.2 Å². The number of fused-ring (bicyclic) bond motifs is 4. The summed E-state index contributed by atoms with van der Waals surface area (Å²) in [7, 11) is 0. The summed E-state index contributed by atoms with van der Waals surface area (Å²) in [5.74, 6) is 2.19. The monoisotopic (exact) mass is 363 g/mol. The third-order valence-electron chi connectivity index (χ3n) is 4.84. The predicted octanol–water partition coefficient (Wildman–Crippen LogP) is 2.47. The zero-order chi connectivity index (χ0) is 18.4. The molecular formula is C18H17N7O2. The Bertz CT molecular complexity index is 1000. The van der Waals surface area contributed by atoms with Gasteiger partial charge in [0.25, 0.3) is 0 Å². The van der Waals surface area contributed by atoms with E-state index in [0.29, 0.717) is 29.0 Å². The summed E-state index contributed by atoms with van der Waals surface area (Å²) in [6.45, 7) is 3.48. The number of oxazole rings is 1. The molecule has 1 N–H and O–H groups in total. The maximum Gasteiger partial charge on any atom is 0.329 e. The van der Waals surface area contributed by atoms with Crippen LogP contribution >= 0.6 is 0 Å². The fraction of sp³-hybridized carbons (Fsp3) is 0.278. The first-order valence-corrected chi connectivity index (χ1v) is 8.74. The molecule has 0 radical (unpaired) electrons. The second kappa shape index (κ2) is 6.04. The molecule has 0 aliphatic carbocycles. The standard InChI is InChI=1S/C18H17N7O2/c1-11-21-8-15(27-11)13-2-3-14-17(22-13)25(12-4-7-24(14)10-12)18(26)23-16-9-19-5-6-20-16/h2-3,5-6,8-9,12H,4,7,10H2,1H3,(H,20,23,26)/t12-/m0/s1. The van der Waals surface area contributed by atoms with E-state index in [9.17, 15) is 4.79 Å². The number of aryl methyl sites for hydroxylation is 1. The van der Waals surface area contributed by atoms with Gasteiger partial charge in [-0.1, -0.05) is 0 Å². The van der Waals surface area contributed by atoms with Crippen LogP contribution in [0.3, 0.4) is 0 Å². The SMILES string of the molecule is Cc1ncc(-c2ccc3c(n2)N(C(=O)Nc2cnccn2)[C@H]2CCN3C2)o1. The van der Waals surface area contributed by atoms with E-state index in [1.807, 2.05) is 12.1 Å². The Morgan fingerprint density at radius 2 is 2.19 bits per heavy atom. The molecule has 3 aromatic heterocycles. The second-order valence-corrected chi connectivity index (χ2v) is 6.56. The lowest BCUT2D eigenvalue weighted by atomic mass is 10.1. The van der Waals surface area contributed by atoms with Crippen LogP contribution in [0, 0.1) is 6.92 Å². The Labute approximate surface area is 155 Å². The number of hydrogen-bond acceptors (Lipinski definition) is 7. The Morgan fingerprint density at radius 1 is 1.26 bits per heavy atom. The lowest BCUT2D eigenvalue weighted by Gasteiger charge is -2.35. The van der Waals surface area contributed by atoms with Gasteiger partial charge in [-0.25, -0.2) is 19.7 Å². The molecule has 27 heavy (non-hydrogen) atoms. The Hall–Kier alpha value is -3.49. The van der Waals surface area contributed by atoms with Crippen LogP contribution < -0.4 is 15.1 Å². The molecule has 2 bridgehead atoms. The normalized spacial score (nSPS) is 17.7. The fourth-order valence-corrected chi connectivity index (χ4v) is 3.62. The highest BCUT2D eigenvalue weighted by Gasteiger charge is 2.40. The zero-order valence-corrected chi connectivity index (χ0v) is 14.7. The van der Waals surface area contributed by atoms with Gasteiger partial charge in [0.2, 0.25) is 0 Å². The van der Waals surface area contributed by atoms with Gasteiger partial charge in [0, 0.05) is 32.4 Å². The molecule has 0 saturated carbocycles. The van der Waals surface area contributed by atoms with Crippen LogP contribution in [-0.2, 0) is 0 Å². The van der Waals surface area contributed by atoms with Crippen molar-refractivity contribution >= 4 is 23.4 Å². The van der Waals surface area contributed by atoms with Gasteiger partial charge in [-0.05, 0) is 18.6 Å². The third-order valence-corrected chi connectivity index (χ3v) is 4.84. The molecule has 9 heteroatoms. The van der Waals surface area contributed by atoms with Crippen molar-refractivity contribution in [1.82, 2.24) is 19.9 Å². The van der Waals surface area contributed by atoms with Gasteiger partial charge in [-0.15, -0.1) is 0 Å². The summed E-state index contributed by atoms with van der Waals surface area (Å²) in [5, 5.41) is 2.82. The van der Waals surface area contributed by atoms with E-state index in [0.717, 1.165) is 25.2 Å². The zero-order valence-electron chi connectivity index (χ0n) is 14.7. The van der Waals surface area contributed by atoms with Crippen LogP contribution in [0.2, 0.25) is 0 Å². The van der Waals surface area contributed by atoms with Crippen LogP contribution in [0.25, 0.3) is 11.5 Å². The average molecular weight is 363 g/mol. The number of nitrogens with zero attached hydrogens (tertiary/aromatic N) is 6. The topological polar surface area (TPSA) is 100 Å². The Morgan fingerprint density at radius 3 is 2.96 bits per heavy atom. The number of anilines is 3. The summed E-state index contributed by atoms with van der Waals surface area (Å²) in [4.78, 5) is 34.0. The first-order valence-electron chi connectivity index (χ1n) is 8.74. The predicted molar refractivity (Wildman–Crippen MR) is 98.6 cm³/mol. The van der Waals surface area contributed by atoms with E-state index >= 15 is 0 Å². The minimum Gasteiger partial charge on any atom is -0.439 e. The maximum atomic E-state index is 13.0. The summed E-state index contributed by atoms with van der Waals surface area (Å²) in [5.41, 5.74) is 1.59.